The van der Waals surface area contributed by atoms with Gasteiger partial charge in [-0.15, -0.1) is 0 Å². The van der Waals surface area contributed by atoms with Gasteiger partial charge in [-0.05, 0) is 30.5 Å². The summed E-state index contributed by atoms with van der Waals surface area (Å²) in [6.07, 6.45) is 7.44. The molecule has 0 spiro atoms. The van der Waals surface area contributed by atoms with E-state index in [0.717, 1.165) is 48.3 Å². The molecule has 142 valence electrons. The van der Waals surface area contributed by atoms with Crippen LogP contribution in [-0.4, -0.2) is 34.6 Å². The summed E-state index contributed by atoms with van der Waals surface area (Å²) >= 11 is 0. The van der Waals surface area contributed by atoms with E-state index in [9.17, 15) is 4.79 Å². The molecule has 1 saturated carbocycles. The number of amides is 1. The SMILES string of the molecule is COc1cccc(C2(NC(=O)[C@@H]3CC(c4cnn(C)c4)=NO3)CCCC2)c1. The van der Waals surface area contributed by atoms with Crippen LogP contribution in [0.4, 0.5) is 0 Å². The number of ether oxygens (including phenoxy) is 1. The largest absolute Gasteiger partial charge is 0.497 e. The first kappa shape index (κ1) is 17.6. The van der Waals surface area contributed by atoms with Gasteiger partial charge >= 0.3 is 0 Å². The Labute approximate surface area is 158 Å². The Bertz CT molecular complexity index is 868. The fourth-order valence-corrected chi connectivity index (χ4v) is 3.96. The molecule has 1 fully saturated rings. The van der Waals surface area contributed by atoms with Crippen LogP contribution in [0.25, 0.3) is 0 Å². The van der Waals surface area contributed by atoms with Gasteiger partial charge in [0, 0.05) is 25.2 Å². The Balaban J connectivity index is 1.49. The Morgan fingerprint density at radius 2 is 2.19 bits per heavy atom. The first-order valence-electron chi connectivity index (χ1n) is 9.28. The zero-order valence-corrected chi connectivity index (χ0v) is 15.6. The van der Waals surface area contributed by atoms with Gasteiger partial charge in [-0.3, -0.25) is 9.48 Å². The van der Waals surface area contributed by atoms with Crippen LogP contribution in [0.3, 0.4) is 0 Å². The van der Waals surface area contributed by atoms with E-state index >= 15 is 0 Å². The third kappa shape index (κ3) is 3.41. The average Bonchev–Trinajstić information content (AvgIpc) is 3.42. The number of hydrogen-bond donors (Lipinski definition) is 1. The number of carbonyl (C=O) groups excluding carboxylic acids is 1. The molecule has 1 N–H and O–H groups in total. The van der Waals surface area contributed by atoms with Crippen molar-refractivity contribution in [3.8, 4) is 5.75 Å². The quantitative estimate of drug-likeness (QED) is 0.880. The van der Waals surface area contributed by atoms with Crippen LogP contribution in [0, 0.1) is 0 Å². The Hall–Kier alpha value is -2.83. The molecule has 7 nitrogen and oxygen atoms in total. The number of nitrogens with zero attached hydrogens (tertiary/aromatic N) is 3. The minimum Gasteiger partial charge on any atom is -0.497 e. The van der Waals surface area contributed by atoms with Crippen molar-refractivity contribution in [2.24, 2.45) is 12.2 Å². The van der Waals surface area contributed by atoms with E-state index < -0.39 is 6.10 Å². The van der Waals surface area contributed by atoms with Gasteiger partial charge in [-0.2, -0.15) is 5.10 Å². The number of benzene rings is 1. The van der Waals surface area contributed by atoms with Crippen molar-refractivity contribution in [1.29, 1.82) is 0 Å². The second-order valence-electron chi connectivity index (χ2n) is 7.25. The normalized spacial score (nSPS) is 20.8. The van der Waals surface area contributed by atoms with E-state index in [1.807, 2.05) is 31.4 Å². The molecule has 4 rings (SSSR count). The zero-order chi connectivity index (χ0) is 18.9. The summed E-state index contributed by atoms with van der Waals surface area (Å²) in [6.45, 7) is 0. The first-order chi connectivity index (χ1) is 13.1. The van der Waals surface area contributed by atoms with Crippen molar-refractivity contribution < 1.29 is 14.4 Å². The van der Waals surface area contributed by atoms with Crippen molar-refractivity contribution in [2.45, 2.75) is 43.7 Å². The fourth-order valence-electron chi connectivity index (χ4n) is 3.96. The standard InChI is InChI=1S/C20H24N4O3/c1-24-13-14(12-21-24)17-11-18(27-23-17)19(25)22-20(8-3-4-9-20)15-6-5-7-16(10-15)26-2/h5-7,10,12-13,18H,3-4,8-9,11H2,1-2H3,(H,22,25)/t18-/m0/s1. The molecule has 1 amide bonds. The van der Waals surface area contributed by atoms with E-state index in [1.165, 1.54) is 0 Å². The summed E-state index contributed by atoms with van der Waals surface area (Å²) < 4.78 is 7.08. The summed E-state index contributed by atoms with van der Waals surface area (Å²) in [7, 11) is 3.50. The summed E-state index contributed by atoms with van der Waals surface area (Å²) in [6, 6.07) is 7.96. The second-order valence-corrected chi connectivity index (χ2v) is 7.25. The Morgan fingerprint density at radius 1 is 1.37 bits per heavy atom. The highest BCUT2D eigenvalue weighted by molar-refractivity contribution is 6.03. The van der Waals surface area contributed by atoms with Gasteiger partial charge in [-0.1, -0.05) is 30.1 Å². The van der Waals surface area contributed by atoms with Crippen LogP contribution in [0.5, 0.6) is 5.75 Å². The highest BCUT2D eigenvalue weighted by Gasteiger charge is 2.40. The van der Waals surface area contributed by atoms with Gasteiger partial charge in [0.2, 0.25) is 6.10 Å². The Morgan fingerprint density at radius 3 is 2.89 bits per heavy atom. The molecule has 1 aromatic carbocycles. The van der Waals surface area contributed by atoms with Crippen LogP contribution in [0.2, 0.25) is 0 Å². The molecule has 7 heteroatoms. The van der Waals surface area contributed by atoms with E-state index in [0.29, 0.717) is 6.42 Å². The van der Waals surface area contributed by atoms with Crippen LogP contribution >= 0.6 is 0 Å². The molecule has 0 unspecified atom stereocenters. The molecular weight excluding hydrogens is 344 g/mol. The van der Waals surface area contributed by atoms with E-state index in [4.69, 9.17) is 9.57 Å². The third-order valence-corrected chi connectivity index (χ3v) is 5.44. The third-order valence-electron chi connectivity index (χ3n) is 5.44. The molecule has 0 saturated heterocycles. The molecule has 2 heterocycles. The van der Waals surface area contributed by atoms with Crippen molar-refractivity contribution >= 4 is 11.6 Å². The van der Waals surface area contributed by atoms with Crippen molar-refractivity contribution in [3.63, 3.8) is 0 Å². The van der Waals surface area contributed by atoms with Crippen molar-refractivity contribution in [2.75, 3.05) is 7.11 Å². The molecule has 1 aliphatic heterocycles. The number of nitrogens with one attached hydrogen (secondary N) is 1. The second kappa shape index (κ2) is 7.06. The maximum atomic E-state index is 13.0. The number of rotatable bonds is 5. The lowest BCUT2D eigenvalue weighted by Crippen LogP contribution is -2.48. The molecule has 2 aromatic rings. The van der Waals surface area contributed by atoms with Gasteiger partial charge in [0.1, 0.15) is 5.75 Å². The summed E-state index contributed by atoms with van der Waals surface area (Å²) in [5, 5.41) is 11.5. The topological polar surface area (TPSA) is 77.7 Å². The summed E-state index contributed by atoms with van der Waals surface area (Å²) in [5.41, 5.74) is 2.35. The predicted octanol–water partition coefficient (Wildman–Crippen LogP) is 2.51. The van der Waals surface area contributed by atoms with E-state index in [1.54, 1.807) is 18.0 Å². The molecule has 0 radical (unpaired) electrons. The Kier molecular flexibility index (Phi) is 4.59. The lowest BCUT2D eigenvalue weighted by molar-refractivity contribution is -0.133. The number of methoxy groups -OCH3 is 1. The van der Waals surface area contributed by atoms with E-state index in [2.05, 4.69) is 21.6 Å². The van der Waals surface area contributed by atoms with E-state index in [-0.39, 0.29) is 11.4 Å². The lowest BCUT2D eigenvalue weighted by Gasteiger charge is -2.32. The predicted molar refractivity (Wildman–Crippen MR) is 101 cm³/mol. The zero-order valence-electron chi connectivity index (χ0n) is 15.6. The molecule has 2 aliphatic rings. The first-order valence-corrected chi connectivity index (χ1v) is 9.28. The monoisotopic (exact) mass is 368 g/mol. The van der Waals surface area contributed by atoms with Crippen LogP contribution in [0.1, 0.15) is 43.2 Å². The number of aromatic nitrogens is 2. The number of carbonyl (C=O) groups is 1. The number of hydrogen-bond acceptors (Lipinski definition) is 5. The van der Waals surface area contributed by atoms with Crippen molar-refractivity contribution in [3.05, 3.63) is 47.8 Å². The summed E-state index contributed by atoms with van der Waals surface area (Å²) in [5.74, 6) is 0.676. The number of oxime groups is 1. The molecular formula is C20H24N4O3. The maximum absolute atomic E-state index is 13.0. The lowest BCUT2D eigenvalue weighted by atomic mass is 9.87. The number of aryl methyl sites for hydroxylation is 1. The molecule has 1 atom stereocenters. The van der Waals surface area contributed by atoms with Gasteiger partial charge < -0.3 is 14.9 Å². The molecule has 1 aliphatic carbocycles. The highest BCUT2D eigenvalue weighted by atomic mass is 16.6. The minimum atomic E-state index is -0.608. The van der Waals surface area contributed by atoms with Crippen molar-refractivity contribution in [1.82, 2.24) is 15.1 Å². The minimum absolute atomic E-state index is 0.123. The van der Waals surface area contributed by atoms with Gasteiger partial charge in [0.25, 0.3) is 5.91 Å². The van der Waals surface area contributed by atoms with Gasteiger partial charge in [-0.25, -0.2) is 0 Å². The average molecular weight is 368 g/mol. The van der Waals surface area contributed by atoms with Crippen LogP contribution < -0.4 is 10.1 Å². The maximum Gasteiger partial charge on any atom is 0.265 e. The van der Waals surface area contributed by atoms with Gasteiger partial charge in [0.15, 0.2) is 0 Å². The fraction of sp³-hybridized carbons (Fsp3) is 0.450. The van der Waals surface area contributed by atoms with Gasteiger partial charge in [0.05, 0.1) is 24.6 Å². The van der Waals surface area contributed by atoms with Crippen LogP contribution in [0.15, 0.2) is 41.8 Å². The molecule has 27 heavy (non-hydrogen) atoms. The summed E-state index contributed by atoms with van der Waals surface area (Å²) in [4.78, 5) is 18.4. The molecule has 1 aromatic heterocycles. The smallest absolute Gasteiger partial charge is 0.265 e. The molecule has 0 bridgehead atoms. The van der Waals surface area contributed by atoms with Crippen LogP contribution in [-0.2, 0) is 22.2 Å². The highest BCUT2D eigenvalue weighted by Crippen LogP contribution is 2.40.